The van der Waals surface area contributed by atoms with Crippen LogP contribution < -0.4 is 4.74 Å². The van der Waals surface area contributed by atoms with E-state index in [0.29, 0.717) is 42.5 Å². The van der Waals surface area contributed by atoms with Gasteiger partial charge in [0.1, 0.15) is 11.3 Å². The van der Waals surface area contributed by atoms with Crippen LogP contribution in [-0.2, 0) is 4.79 Å². The van der Waals surface area contributed by atoms with Gasteiger partial charge in [-0.1, -0.05) is 11.6 Å². The highest BCUT2D eigenvalue weighted by molar-refractivity contribution is 7.13. The number of nitrogens with zero attached hydrogens (tertiary/aromatic N) is 3. The number of aryl methyl sites for hydroxylation is 1. The number of hydrogen-bond donors (Lipinski definition) is 0. The maximum Gasteiger partial charge on any atom is 0.264 e. The van der Waals surface area contributed by atoms with Crippen molar-refractivity contribution >= 4 is 45.7 Å². The largest absolute Gasteiger partial charge is 0.481 e. The summed E-state index contributed by atoms with van der Waals surface area (Å²) < 4.78 is 5.74. The lowest BCUT2D eigenvalue weighted by molar-refractivity contribution is -0.134. The maximum atomic E-state index is 12.6. The van der Waals surface area contributed by atoms with Crippen LogP contribution in [0.15, 0.2) is 42.6 Å². The third-order valence-corrected chi connectivity index (χ3v) is 6.22. The van der Waals surface area contributed by atoms with Crippen LogP contribution in [0.1, 0.15) is 14.5 Å². The SMILES string of the molecule is Cc1ccc(C(=O)N2CCN(C(=O)COc3ccc(Cl)c4cccnc34)CC2)s1. The van der Waals surface area contributed by atoms with Gasteiger partial charge in [-0.25, -0.2) is 0 Å². The normalized spacial score (nSPS) is 14.3. The standard InChI is InChI=1S/C21H20ClN3O3S/c1-14-4-7-18(29-14)21(27)25-11-9-24(10-12-25)19(26)13-28-17-6-5-16(22)15-3-2-8-23-20(15)17/h2-8H,9-13H2,1H3. The smallest absolute Gasteiger partial charge is 0.264 e. The van der Waals surface area contributed by atoms with E-state index in [2.05, 4.69) is 4.98 Å². The maximum absolute atomic E-state index is 12.6. The topological polar surface area (TPSA) is 62.7 Å². The molecule has 1 aliphatic heterocycles. The second-order valence-electron chi connectivity index (χ2n) is 6.82. The molecule has 2 aromatic heterocycles. The lowest BCUT2D eigenvalue weighted by atomic mass is 10.2. The number of benzene rings is 1. The van der Waals surface area contributed by atoms with E-state index in [0.717, 1.165) is 15.1 Å². The number of aromatic nitrogens is 1. The van der Waals surface area contributed by atoms with E-state index in [4.69, 9.17) is 16.3 Å². The van der Waals surface area contributed by atoms with Crippen LogP contribution >= 0.6 is 22.9 Å². The summed E-state index contributed by atoms with van der Waals surface area (Å²) in [5, 5.41) is 1.38. The Bertz CT molecular complexity index is 1060. The molecule has 0 radical (unpaired) electrons. The third-order valence-electron chi connectivity index (χ3n) is 4.90. The van der Waals surface area contributed by atoms with Crippen molar-refractivity contribution in [2.75, 3.05) is 32.8 Å². The molecule has 1 aliphatic rings. The number of carbonyl (C=O) groups is 2. The molecule has 1 saturated heterocycles. The fourth-order valence-electron chi connectivity index (χ4n) is 3.32. The summed E-state index contributed by atoms with van der Waals surface area (Å²) >= 11 is 7.69. The van der Waals surface area contributed by atoms with Gasteiger partial charge in [-0.3, -0.25) is 14.6 Å². The van der Waals surface area contributed by atoms with E-state index < -0.39 is 0 Å². The second kappa shape index (κ2) is 8.39. The fourth-order valence-corrected chi connectivity index (χ4v) is 4.37. The molecule has 29 heavy (non-hydrogen) atoms. The number of hydrogen-bond acceptors (Lipinski definition) is 5. The molecule has 8 heteroatoms. The van der Waals surface area contributed by atoms with Crippen molar-refractivity contribution in [2.45, 2.75) is 6.92 Å². The van der Waals surface area contributed by atoms with Crippen LogP contribution in [0.25, 0.3) is 10.9 Å². The molecule has 0 atom stereocenters. The molecule has 0 bridgehead atoms. The predicted octanol–water partition coefficient (Wildman–Crippen LogP) is 3.62. The van der Waals surface area contributed by atoms with E-state index in [1.54, 1.807) is 34.2 Å². The number of thiophene rings is 1. The van der Waals surface area contributed by atoms with E-state index >= 15 is 0 Å². The van der Waals surface area contributed by atoms with Gasteiger partial charge in [-0.2, -0.15) is 0 Å². The van der Waals surface area contributed by atoms with Crippen LogP contribution in [-0.4, -0.2) is 59.4 Å². The minimum atomic E-state index is -0.108. The average molecular weight is 430 g/mol. The number of ether oxygens (including phenoxy) is 1. The zero-order valence-corrected chi connectivity index (χ0v) is 17.5. The van der Waals surface area contributed by atoms with Crippen molar-refractivity contribution in [3.63, 3.8) is 0 Å². The highest BCUT2D eigenvalue weighted by Crippen LogP contribution is 2.29. The molecule has 0 saturated carbocycles. The van der Waals surface area contributed by atoms with Crippen molar-refractivity contribution < 1.29 is 14.3 Å². The van der Waals surface area contributed by atoms with Crippen LogP contribution in [0.3, 0.4) is 0 Å². The molecule has 2 amide bonds. The number of pyridine rings is 1. The first-order valence-electron chi connectivity index (χ1n) is 9.32. The van der Waals surface area contributed by atoms with Crippen LogP contribution in [0.2, 0.25) is 5.02 Å². The summed E-state index contributed by atoms with van der Waals surface area (Å²) in [6.07, 6.45) is 1.67. The lowest BCUT2D eigenvalue weighted by Crippen LogP contribution is -2.51. The summed E-state index contributed by atoms with van der Waals surface area (Å²) in [7, 11) is 0. The summed E-state index contributed by atoms with van der Waals surface area (Å²) in [6, 6.07) is 10.9. The van der Waals surface area contributed by atoms with Gasteiger partial charge in [0.25, 0.3) is 11.8 Å². The first-order chi connectivity index (χ1) is 14.0. The molecule has 0 aliphatic carbocycles. The van der Waals surface area contributed by atoms with Gasteiger partial charge in [-0.15, -0.1) is 11.3 Å². The van der Waals surface area contributed by atoms with Crippen LogP contribution in [0.4, 0.5) is 0 Å². The van der Waals surface area contributed by atoms with Crippen molar-refractivity contribution in [3.05, 3.63) is 57.4 Å². The molecule has 4 rings (SSSR count). The molecule has 0 spiro atoms. The third kappa shape index (κ3) is 4.21. The van der Waals surface area contributed by atoms with Crippen molar-refractivity contribution in [1.29, 1.82) is 0 Å². The number of rotatable bonds is 4. The Hall–Kier alpha value is -2.64. The van der Waals surface area contributed by atoms with Gasteiger partial charge in [0.2, 0.25) is 0 Å². The number of carbonyl (C=O) groups excluding carboxylic acids is 2. The Morgan fingerprint density at radius 1 is 1.10 bits per heavy atom. The number of halogens is 1. The predicted molar refractivity (Wildman–Crippen MR) is 114 cm³/mol. The van der Waals surface area contributed by atoms with E-state index in [9.17, 15) is 9.59 Å². The zero-order chi connectivity index (χ0) is 20.4. The minimum Gasteiger partial charge on any atom is -0.481 e. The summed E-state index contributed by atoms with van der Waals surface area (Å²) in [5.41, 5.74) is 0.634. The van der Waals surface area contributed by atoms with E-state index in [1.807, 2.05) is 25.1 Å². The monoisotopic (exact) mass is 429 g/mol. The first kappa shape index (κ1) is 19.7. The summed E-state index contributed by atoms with van der Waals surface area (Å²) in [4.78, 5) is 34.8. The Kier molecular flexibility index (Phi) is 5.69. The highest BCUT2D eigenvalue weighted by atomic mass is 35.5. The quantitative estimate of drug-likeness (QED) is 0.635. The van der Waals surface area contributed by atoms with E-state index in [1.165, 1.54) is 11.3 Å². The van der Waals surface area contributed by atoms with Crippen LogP contribution in [0, 0.1) is 6.92 Å². The van der Waals surface area contributed by atoms with Gasteiger partial charge < -0.3 is 14.5 Å². The van der Waals surface area contributed by atoms with Crippen LogP contribution in [0.5, 0.6) is 5.75 Å². The van der Waals surface area contributed by atoms with Crippen molar-refractivity contribution in [3.8, 4) is 5.75 Å². The molecule has 1 aromatic carbocycles. The van der Waals surface area contributed by atoms with Gasteiger partial charge in [0, 0.05) is 42.6 Å². The summed E-state index contributed by atoms with van der Waals surface area (Å²) in [6.45, 7) is 3.94. The first-order valence-corrected chi connectivity index (χ1v) is 10.5. The molecular weight excluding hydrogens is 410 g/mol. The van der Waals surface area contributed by atoms with Gasteiger partial charge in [-0.05, 0) is 43.3 Å². The minimum absolute atomic E-state index is 0.0326. The number of fused-ring (bicyclic) bond motifs is 1. The fraction of sp³-hybridized carbons (Fsp3) is 0.286. The van der Waals surface area contributed by atoms with Gasteiger partial charge in [0.15, 0.2) is 6.61 Å². The number of piperazine rings is 1. The Balaban J connectivity index is 1.34. The van der Waals surface area contributed by atoms with Gasteiger partial charge >= 0.3 is 0 Å². The molecular formula is C21H20ClN3O3S. The Labute approximate surface area is 177 Å². The molecule has 150 valence electrons. The molecule has 0 unspecified atom stereocenters. The summed E-state index contributed by atoms with van der Waals surface area (Å²) in [5.74, 6) is 0.452. The molecule has 6 nitrogen and oxygen atoms in total. The van der Waals surface area contributed by atoms with E-state index in [-0.39, 0.29) is 18.4 Å². The van der Waals surface area contributed by atoms with Crippen molar-refractivity contribution in [2.24, 2.45) is 0 Å². The molecule has 0 N–H and O–H groups in total. The van der Waals surface area contributed by atoms with Gasteiger partial charge in [0.05, 0.1) is 9.90 Å². The highest BCUT2D eigenvalue weighted by Gasteiger charge is 2.25. The molecule has 1 fully saturated rings. The number of amides is 2. The Morgan fingerprint density at radius 3 is 2.59 bits per heavy atom. The zero-order valence-electron chi connectivity index (χ0n) is 15.9. The average Bonchev–Trinajstić information content (AvgIpc) is 3.19. The molecule has 3 aromatic rings. The molecule has 3 heterocycles. The lowest BCUT2D eigenvalue weighted by Gasteiger charge is -2.34. The second-order valence-corrected chi connectivity index (χ2v) is 8.51. The Morgan fingerprint density at radius 2 is 1.86 bits per heavy atom. The van der Waals surface area contributed by atoms with Crippen molar-refractivity contribution in [1.82, 2.24) is 14.8 Å².